The molecule has 2 aromatic carbocycles. The molecule has 3 saturated heterocycles. The van der Waals surface area contributed by atoms with Crippen LogP contribution in [0.25, 0.3) is 21.7 Å². The molecule has 0 saturated carbocycles. The molecule has 3 aliphatic heterocycles. The quantitative estimate of drug-likeness (QED) is 0.0681. The van der Waals surface area contributed by atoms with Crippen molar-refractivity contribution in [3.63, 3.8) is 0 Å². The lowest BCUT2D eigenvalue weighted by molar-refractivity contribution is -0.364. The Morgan fingerprint density at radius 1 is 0.660 bits per heavy atom. The summed E-state index contributed by atoms with van der Waals surface area (Å²) in [5.74, 6) is -1.25. The monoisotopic (exact) mass is 760 g/mol. The molecular weight excluding hydrogens is 720 g/mol. The van der Waals surface area contributed by atoms with E-state index >= 15 is 0 Å². The van der Waals surface area contributed by atoms with Gasteiger partial charge in [-0.05, 0) is 17.5 Å². The number of aliphatic hydroxyl groups excluding tert-OH is 10. The van der Waals surface area contributed by atoms with Crippen molar-refractivity contribution in [1.29, 1.82) is 0 Å². The zero-order valence-corrected chi connectivity index (χ0v) is 27.6. The molecule has 0 radical (unpaired) electrons. The van der Waals surface area contributed by atoms with Gasteiger partial charge in [0.25, 0.3) is 0 Å². The topological polar surface area (TPSA) is 338 Å². The van der Waals surface area contributed by atoms with Gasteiger partial charge in [-0.25, -0.2) is 4.79 Å². The first-order chi connectivity index (χ1) is 25.2. The van der Waals surface area contributed by atoms with Crippen molar-refractivity contribution in [2.45, 2.75) is 92.1 Å². The molecule has 6 rings (SSSR count). The molecule has 21 nitrogen and oxygen atoms in total. The molecule has 0 amide bonds. The smallest absolute Gasteiger partial charge is 0.339 e. The first-order valence-electron chi connectivity index (χ1n) is 16.3. The van der Waals surface area contributed by atoms with Crippen LogP contribution in [0.1, 0.15) is 0 Å². The van der Waals surface area contributed by atoms with E-state index in [2.05, 4.69) is 0 Å². The van der Waals surface area contributed by atoms with Gasteiger partial charge in [0, 0.05) is 6.07 Å². The molecular formula is C32H40O21. The van der Waals surface area contributed by atoms with Gasteiger partial charge in [-0.2, -0.15) is 0 Å². The Balaban J connectivity index is 1.22. The number of fused-ring (bicyclic) bond motifs is 2. The SMILES string of the molecule is COc1cc(OC2OC(COC3OC(CO)C(O)C(OC4OC(CO)C(O)C(O)C4O)C3O)C(O)C(O)C2O)c2c(O)c3c(O)cc(=O)oc3cc2c1. The van der Waals surface area contributed by atoms with Crippen molar-refractivity contribution in [3.05, 3.63) is 34.7 Å². The zero-order valence-electron chi connectivity index (χ0n) is 27.6. The van der Waals surface area contributed by atoms with Crippen molar-refractivity contribution < 1.29 is 98.9 Å². The van der Waals surface area contributed by atoms with Crippen LogP contribution in [0.5, 0.6) is 23.0 Å². The number of ether oxygens (including phenoxy) is 7. The van der Waals surface area contributed by atoms with E-state index in [-0.39, 0.29) is 33.2 Å². The molecule has 3 aliphatic rings. The molecule has 15 atom stereocenters. The molecule has 0 aliphatic carbocycles. The van der Waals surface area contributed by atoms with Crippen molar-refractivity contribution in [2.24, 2.45) is 0 Å². The second-order valence-electron chi connectivity index (χ2n) is 12.7. The van der Waals surface area contributed by atoms with E-state index in [1.807, 2.05) is 0 Å². The second-order valence-corrected chi connectivity index (χ2v) is 12.7. The fourth-order valence-corrected chi connectivity index (χ4v) is 6.45. The number of benzene rings is 2. The minimum Gasteiger partial charge on any atom is -0.507 e. The number of hydrogen-bond acceptors (Lipinski definition) is 21. The first kappa shape index (κ1) is 39.2. The third kappa shape index (κ3) is 7.35. The fraction of sp³-hybridized carbons (Fsp3) is 0.594. The van der Waals surface area contributed by atoms with Crippen LogP contribution in [0, 0.1) is 0 Å². The molecule has 21 heteroatoms. The molecule has 15 unspecified atom stereocenters. The number of aromatic hydroxyl groups is 2. The standard InChI is InChI=1S/C32H40O21/c1-46-10-2-9-3-12-19(11(35)5-17(36)48-12)23(40)18(9)13(4-10)49-31-26(43)25(42)21(38)16(52-31)8-47-30-28(45)29(22(39)15(7-34)50-30)53-32-27(44)24(41)20(37)14(6-33)51-32/h2-5,14-16,20-22,24-35,37-45H,6-8H2,1H3. The number of aliphatic hydroxyl groups is 10. The number of methoxy groups -OCH3 is 1. The van der Waals surface area contributed by atoms with Crippen LogP contribution in [0.2, 0.25) is 0 Å². The van der Waals surface area contributed by atoms with Crippen molar-refractivity contribution in [2.75, 3.05) is 26.9 Å². The zero-order chi connectivity index (χ0) is 38.5. The van der Waals surface area contributed by atoms with Gasteiger partial charge in [0.15, 0.2) is 12.6 Å². The summed E-state index contributed by atoms with van der Waals surface area (Å²) in [5.41, 5.74) is -1.06. The van der Waals surface area contributed by atoms with Gasteiger partial charge in [-0.1, -0.05) is 0 Å². The maximum atomic E-state index is 11.9. The van der Waals surface area contributed by atoms with Crippen LogP contribution >= 0.6 is 0 Å². The number of hydrogen-bond donors (Lipinski definition) is 12. The first-order valence-corrected chi connectivity index (χ1v) is 16.3. The molecule has 53 heavy (non-hydrogen) atoms. The number of phenolic OH excluding ortho intramolecular Hbond substituents is 1. The average molecular weight is 761 g/mol. The summed E-state index contributed by atoms with van der Waals surface area (Å²) in [7, 11) is 1.32. The molecule has 12 N–H and O–H groups in total. The molecule has 1 aromatic heterocycles. The summed E-state index contributed by atoms with van der Waals surface area (Å²) in [6.07, 6.45) is -26.4. The molecule has 4 heterocycles. The summed E-state index contributed by atoms with van der Waals surface area (Å²) < 4.78 is 44.0. The second kappa shape index (κ2) is 15.7. The third-order valence-corrected chi connectivity index (χ3v) is 9.37. The molecule has 294 valence electrons. The Morgan fingerprint density at radius 3 is 1.92 bits per heavy atom. The summed E-state index contributed by atoms with van der Waals surface area (Å²) in [6.45, 7) is -2.35. The molecule has 0 bridgehead atoms. The van der Waals surface area contributed by atoms with Gasteiger partial charge < -0.3 is 98.9 Å². The largest absolute Gasteiger partial charge is 0.507 e. The Bertz CT molecular complexity index is 1800. The van der Waals surface area contributed by atoms with Gasteiger partial charge in [0.2, 0.25) is 6.29 Å². The van der Waals surface area contributed by atoms with E-state index in [0.29, 0.717) is 0 Å². The molecule has 3 aromatic rings. The van der Waals surface area contributed by atoms with Crippen molar-refractivity contribution in [1.82, 2.24) is 0 Å². The molecule has 3 fully saturated rings. The Morgan fingerprint density at radius 2 is 1.26 bits per heavy atom. The predicted molar refractivity (Wildman–Crippen MR) is 170 cm³/mol. The summed E-state index contributed by atoms with van der Waals surface area (Å²) >= 11 is 0. The van der Waals surface area contributed by atoms with E-state index in [1.54, 1.807) is 0 Å². The van der Waals surface area contributed by atoms with Crippen molar-refractivity contribution in [3.8, 4) is 23.0 Å². The summed E-state index contributed by atoms with van der Waals surface area (Å²) in [6, 6.07) is 4.79. The van der Waals surface area contributed by atoms with Gasteiger partial charge in [0.05, 0.1) is 38.4 Å². The van der Waals surface area contributed by atoms with E-state index in [4.69, 9.17) is 37.6 Å². The van der Waals surface area contributed by atoms with Crippen LogP contribution < -0.4 is 15.1 Å². The van der Waals surface area contributed by atoms with Crippen LogP contribution in [0.3, 0.4) is 0 Å². The maximum absolute atomic E-state index is 11.9. The Hall–Kier alpha value is -3.49. The predicted octanol–water partition coefficient (Wildman–Crippen LogP) is -4.81. The average Bonchev–Trinajstić information content (AvgIpc) is 3.12. The third-order valence-electron chi connectivity index (χ3n) is 9.37. The number of rotatable bonds is 10. The van der Waals surface area contributed by atoms with Crippen LogP contribution in [-0.4, -0.2) is 180 Å². The Kier molecular flexibility index (Phi) is 11.6. The Labute approximate surface area is 297 Å². The van der Waals surface area contributed by atoms with Crippen LogP contribution in [-0.2, 0) is 23.7 Å². The van der Waals surface area contributed by atoms with Crippen molar-refractivity contribution >= 4 is 21.7 Å². The normalized spacial score (nSPS) is 37.9. The van der Waals surface area contributed by atoms with E-state index in [0.717, 1.165) is 6.07 Å². The minimum absolute atomic E-state index is 0.0653. The van der Waals surface area contributed by atoms with Gasteiger partial charge in [0.1, 0.15) is 107 Å². The molecule has 0 spiro atoms. The van der Waals surface area contributed by atoms with Gasteiger partial charge in [-0.3, -0.25) is 0 Å². The van der Waals surface area contributed by atoms with E-state index in [9.17, 15) is 66.1 Å². The summed E-state index contributed by atoms with van der Waals surface area (Å²) in [4.78, 5) is 11.9. The lowest BCUT2D eigenvalue weighted by Gasteiger charge is -2.46. The summed E-state index contributed by atoms with van der Waals surface area (Å²) in [5, 5.41) is 126. The highest BCUT2D eigenvalue weighted by Crippen LogP contribution is 2.45. The maximum Gasteiger partial charge on any atom is 0.339 e. The minimum atomic E-state index is -1.93. The highest BCUT2D eigenvalue weighted by molar-refractivity contribution is 6.08. The fourth-order valence-electron chi connectivity index (χ4n) is 6.45. The van der Waals surface area contributed by atoms with Crippen LogP contribution in [0.4, 0.5) is 0 Å². The van der Waals surface area contributed by atoms with Gasteiger partial charge in [-0.15, -0.1) is 0 Å². The van der Waals surface area contributed by atoms with Crippen LogP contribution in [0.15, 0.2) is 33.5 Å². The highest BCUT2D eigenvalue weighted by atomic mass is 16.7. The van der Waals surface area contributed by atoms with E-state index < -0.39 is 129 Å². The highest BCUT2D eigenvalue weighted by Gasteiger charge is 2.52. The lowest BCUT2D eigenvalue weighted by Crippen LogP contribution is -2.65. The van der Waals surface area contributed by atoms with E-state index in [1.165, 1.54) is 25.3 Å². The van der Waals surface area contributed by atoms with Gasteiger partial charge >= 0.3 is 5.63 Å². The lowest BCUT2D eigenvalue weighted by atomic mass is 9.97. The number of phenols is 1.